The Hall–Kier alpha value is -3.15. The highest BCUT2D eigenvalue weighted by Gasteiger charge is 2.35. The number of aromatic nitrogens is 2. The fourth-order valence-electron chi connectivity index (χ4n) is 3.28. The van der Waals surface area contributed by atoms with Crippen LogP contribution in [0.25, 0.3) is 5.69 Å². The molecule has 0 spiro atoms. The van der Waals surface area contributed by atoms with E-state index in [1.54, 1.807) is 12.1 Å². The molecule has 34 heavy (non-hydrogen) atoms. The third-order valence-corrected chi connectivity index (χ3v) is 5.23. The number of carbonyl (C=O) groups excluding carboxylic acids is 1. The Kier molecular flexibility index (Phi) is 7.80. The molecule has 12 heteroatoms. The lowest BCUT2D eigenvalue weighted by Gasteiger charge is -2.19. The summed E-state index contributed by atoms with van der Waals surface area (Å²) < 4.78 is 55.0. The molecular formula is C22H21ClF4N4O3. The molecule has 4 N–H and O–H groups in total. The molecule has 182 valence electrons. The predicted molar refractivity (Wildman–Crippen MR) is 117 cm³/mol. The number of urea groups is 1. The second-order valence-corrected chi connectivity index (χ2v) is 7.92. The first-order valence-corrected chi connectivity index (χ1v) is 10.4. The Morgan fingerprint density at radius 1 is 1.21 bits per heavy atom. The molecule has 1 heterocycles. The van der Waals surface area contributed by atoms with E-state index in [0.717, 1.165) is 16.8 Å². The van der Waals surface area contributed by atoms with Crippen molar-refractivity contribution in [2.75, 3.05) is 11.9 Å². The molecule has 0 saturated heterocycles. The smallest absolute Gasteiger partial charge is 0.396 e. The van der Waals surface area contributed by atoms with Gasteiger partial charge in [0.15, 0.2) is 5.69 Å². The van der Waals surface area contributed by atoms with Crippen LogP contribution in [0.4, 0.5) is 28.0 Å². The molecule has 0 aliphatic carbocycles. The van der Waals surface area contributed by atoms with Crippen LogP contribution in [0.2, 0.25) is 5.02 Å². The van der Waals surface area contributed by atoms with Crippen molar-refractivity contribution in [1.82, 2.24) is 15.1 Å². The molecule has 2 unspecified atom stereocenters. The summed E-state index contributed by atoms with van der Waals surface area (Å²) >= 11 is 5.93. The fourth-order valence-corrected chi connectivity index (χ4v) is 3.46. The number of nitrogens with one attached hydrogen (secondary N) is 2. The summed E-state index contributed by atoms with van der Waals surface area (Å²) in [6, 6.07) is 9.76. The van der Waals surface area contributed by atoms with Gasteiger partial charge in [0.1, 0.15) is 5.82 Å². The summed E-state index contributed by atoms with van der Waals surface area (Å²) in [6.07, 6.45) is -5.69. The Morgan fingerprint density at radius 3 is 2.53 bits per heavy atom. The van der Waals surface area contributed by atoms with Gasteiger partial charge in [-0.1, -0.05) is 23.7 Å². The molecule has 0 bridgehead atoms. The van der Waals surface area contributed by atoms with Gasteiger partial charge in [0.05, 0.1) is 30.6 Å². The van der Waals surface area contributed by atoms with Crippen LogP contribution in [0.1, 0.15) is 29.8 Å². The standard InChI is InChI=1S/C22H21ClF4N4O3/c1-12(33)18(11-32)17-6-5-14(8-19(17)24)29-21(34)28-10-16-9-20(22(25,26)27)30-31(16)15-4-2-3-13(23)7-15/h2-9,12,18,32-33H,10-11H2,1H3,(H2,28,29,34). The van der Waals surface area contributed by atoms with Crippen LogP contribution in [-0.2, 0) is 12.7 Å². The first kappa shape index (κ1) is 25.5. The summed E-state index contributed by atoms with van der Waals surface area (Å²) in [5.41, 5.74) is -0.684. The zero-order chi connectivity index (χ0) is 25.0. The second kappa shape index (κ2) is 10.4. The SMILES string of the molecule is CC(O)C(CO)c1ccc(NC(=O)NCc2cc(C(F)(F)F)nn2-c2cccc(Cl)c2)cc1F. The number of carbonyl (C=O) groups is 1. The summed E-state index contributed by atoms with van der Waals surface area (Å²) in [5.74, 6) is -1.58. The van der Waals surface area contributed by atoms with Gasteiger partial charge in [-0.15, -0.1) is 0 Å². The van der Waals surface area contributed by atoms with Crippen molar-refractivity contribution in [3.63, 3.8) is 0 Å². The number of alkyl halides is 3. The number of hydrogen-bond acceptors (Lipinski definition) is 4. The summed E-state index contributed by atoms with van der Waals surface area (Å²) in [6.45, 7) is 0.622. The largest absolute Gasteiger partial charge is 0.435 e. The molecule has 3 aromatic rings. The average Bonchev–Trinajstić information content (AvgIpc) is 3.19. The van der Waals surface area contributed by atoms with Crippen LogP contribution < -0.4 is 10.6 Å². The van der Waals surface area contributed by atoms with Crippen molar-refractivity contribution in [2.24, 2.45) is 0 Å². The number of hydrogen-bond donors (Lipinski definition) is 4. The van der Waals surface area contributed by atoms with Crippen molar-refractivity contribution in [1.29, 1.82) is 0 Å². The number of anilines is 1. The maximum absolute atomic E-state index is 14.4. The molecule has 0 aliphatic heterocycles. The lowest BCUT2D eigenvalue weighted by atomic mass is 9.94. The minimum Gasteiger partial charge on any atom is -0.396 e. The maximum atomic E-state index is 14.4. The van der Waals surface area contributed by atoms with Crippen molar-refractivity contribution >= 4 is 23.3 Å². The van der Waals surface area contributed by atoms with Gasteiger partial charge in [0.25, 0.3) is 0 Å². The summed E-state index contributed by atoms with van der Waals surface area (Å²) in [5, 5.41) is 27.7. The summed E-state index contributed by atoms with van der Waals surface area (Å²) in [7, 11) is 0. The van der Waals surface area contributed by atoms with Crippen LogP contribution >= 0.6 is 11.6 Å². The molecule has 1 aromatic heterocycles. The van der Waals surface area contributed by atoms with Gasteiger partial charge in [-0.25, -0.2) is 13.9 Å². The third-order valence-electron chi connectivity index (χ3n) is 4.99. The molecule has 2 atom stereocenters. The minimum absolute atomic E-state index is 0.0361. The number of amides is 2. The lowest BCUT2D eigenvalue weighted by molar-refractivity contribution is -0.141. The van der Waals surface area contributed by atoms with Crippen LogP contribution in [0.5, 0.6) is 0 Å². The van der Waals surface area contributed by atoms with E-state index in [1.807, 2.05) is 0 Å². The van der Waals surface area contributed by atoms with Crippen LogP contribution in [0.3, 0.4) is 0 Å². The monoisotopic (exact) mass is 500 g/mol. The zero-order valence-corrected chi connectivity index (χ0v) is 18.5. The van der Waals surface area contributed by atoms with E-state index >= 15 is 0 Å². The first-order valence-electron chi connectivity index (χ1n) is 10.0. The maximum Gasteiger partial charge on any atom is 0.435 e. The van der Waals surface area contributed by atoms with Crippen LogP contribution in [-0.4, -0.2) is 38.7 Å². The molecule has 2 aromatic carbocycles. The van der Waals surface area contributed by atoms with Crippen LogP contribution in [0, 0.1) is 5.82 Å². The minimum atomic E-state index is -4.70. The predicted octanol–water partition coefficient (Wildman–Crippen LogP) is 4.46. The molecule has 0 radical (unpaired) electrons. The van der Waals surface area contributed by atoms with E-state index in [1.165, 1.54) is 31.2 Å². The molecule has 7 nitrogen and oxygen atoms in total. The normalized spacial score (nSPS) is 13.4. The molecule has 0 fully saturated rings. The van der Waals surface area contributed by atoms with Crippen molar-refractivity contribution < 1.29 is 32.6 Å². The number of benzene rings is 2. The van der Waals surface area contributed by atoms with Crippen LogP contribution in [0.15, 0.2) is 48.5 Å². The Morgan fingerprint density at radius 2 is 1.94 bits per heavy atom. The number of aliphatic hydroxyl groups is 2. The Balaban J connectivity index is 1.75. The molecule has 2 amide bonds. The van der Waals surface area contributed by atoms with Gasteiger partial charge in [0.2, 0.25) is 0 Å². The van der Waals surface area contributed by atoms with E-state index in [4.69, 9.17) is 11.6 Å². The lowest BCUT2D eigenvalue weighted by Crippen LogP contribution is -2.29. The van der Waals surface area contributed by atoms with Gasteiger partial charge in [-0.2, -0.15) is 18.3 Å². The number of nitrogens with zero attached hydrogens (tertiary/aromatic N) is 2. The average molecular weight is 501 g/mol. The zero-order valence-electron chi connectivity index (χ0n) is 17.8. The van der Waals surface area contributed by atoms with E-state index in [2.05, 4.69) is 15.7 Å². The van der Waals surface area contributed by atoms with Gasteiger partial charge in [-0.05, 0) is 48.9 Å². The van der Waals surface area contributed by atoms with Crippen molar-refractivity contribution in [2.45, 2.75) is 31.7 Å². The third kappa shape index (κ3) is 6.04. The highest BCUT2D eigenvalue weighted by atomic mass is 35.5. The van der Waals surface area contributed by atoms with E-state index in [-0.39, 0.29) is 29.2 Å². The molecule has 3 rings (SSSR count). The number of aliphatic hydroxyl groups excluding tert-OH is 2. The summed E-state index contributed by atoms with van der Waals surface area (Å²) in [4.78, 5) is 12.3. The van der Waals surface area contributed by atoms with E-state index < -0.39 is 42.3 Å². The fraction of sp³-hybridized carbons (Fsp3) is 0.273. The van der Waals surface area contributed by atoms with Crippen molar-refractivity contribution in [3.8, 4) is 5.69 Å². The number of halogens is 5. The van der Waals surface area contributed by atoms with Crippen molar-refractivity contribution in [3.05, 3.63) is 76.3 Å². The van der Waals surface area contributed by atoms with E-state index in [0.29, 0.717) is 5.02 Å². The van der Waals surface area contributed by atoms with Gasteiger partial charge >= 0.3 is 12.2 Å². The molecular weight excluding hydrogens is 480 g/mol. The second-order valence-electron chi connectivity index (χ2n) is 7.48. The first-order chi connectivity index (χ1) is 16.0. The Bertz CT molecular complexity index is 1170. The molecule has 0 saturated carbocycles. The highest BCUT2D eigenvalue weighted by Crippen LogP contribution is 2.30. The topological polar surface area (TPSA) is 99.4 Å². The Labute approximate surface area is 197 Å². The highest BCUT2D eigenvalue weighted by molar-refractivity contribution is 6.30. The quantitative estimate of drug-likeness (QED) is 0.360. The van der Waals surface area contributed by atoms with Gasteiger partial charge < -0.3 is 20.8 Å². The van der Waals surface area contributed by atoms with E-state index in [9.17, 15) is 32.6 Å². The number of rotatable bonds is 7. The van der Waals surface area contributed by atoms with Gasteiger partial charge in [0, 0.05) is 16.6 Å². The molecule has 0 aliphatic rings. The van der Waals surface area contributed by atoms with Gasteiger partial charge in [-0.3, -0.25) is 0 Å².